The molecule has 0 radical (unpaired) electrons. The molecule has 0 amide bonds. The van der Waals surface area contributed by atoms with Gasteiger partial charge in [0.15, 0.2) is 0 Å². The monoisotopic (exact) mass is 220 g/mol. The highest BCUT2D eigenvalue weighted by Gasteiger charge is 1.95. The second-order valence-electron chi connectivity index (χ2n) is 1.53. The summed E-state index contributed by atoms with van der Waals surface area (Å²) in [6.07, 6.45) is 1.10. The maximum atomic E-state index is 12.2. The van der Waals surface area contributed by atoms with E-state index in [0.717, 1.165) is 6.20 Å². The standard InChI is InChI=1S/C5H4BrFN2.C2H6/c6-5-4(8)1-3(7)2-9-5;1-2/h1-2H,8H2;1-2H3. The molecule has 0 saturated carbocycles. The van der Waals surface area contributed by atoms with Crippen molar-refractivity contribution in [2.75, 3.05) is 5.73 Å². The summed E-state index contributed by atoms with van der Waals surface area (Å²) in [5.74, 6) is -0.421. The predicted molar refractivity (Wildman–Crippen MR) is 47.7 cm³/mol. The van der Waals surface area contributed by atoms with E-state index in [1.807, 2.05) is 13.8 Å². The minimum atomic E-state index is -0.421. The number of nitrogens with two attached hydrogens (primary N) is 1. The highest BCUT2D eigenvalue weighted by atomic mass is 79.9. The number of hydrogen-bond donors (Lipinski definition) is 1. The van der Waals surface area contributed by atoms with Gasteiger partial charge in [-0.2, -0.15) is 0 Å². The lowest BCUT2D eigenvalue weighted by atomic mass is 10.4. The first-order chi connectivity index (χ1) is 5.20. The molecule has 11 heavy (non-hydrogen) atoms. The van der Waals surface area contributed by atoms with E-state index < -0.39 is 5.82 Å². The Kier molecular flexibility index (Phi) is 4.77. The summed E-state index contributed by atoms with van der Waals surface area (Å²) in [5, 5.41) is 0. The molecule has 0 fully saturated rings. The summed E-state index contributed by atoms with van der Waals surface area (Å²) in [4.78, 5) is 3.59. The first kappa shape index (κ1) is 10.4. The first-order valence-electron chi connectivity index (χ1n) is 3.26. The van der Waals surface area contributed by atoms with Crippen molar-refractivity contribution in [2.24, 2.45) is 0 Å². The van der Waals surface area contributed by atoms with Gasteiger partial charge in [-0.05, 0) is 15.9 Å². The van der Waals surface area contributed by atoms with Crippen molar-refractivity contribution in [1.29, 1.82) is 0 Å². The third kappa shape index (κ3) is 3.32. The Bertz CT molecular complexity index is 228. The molecule has 0 atom stereocenters. The van der Waals surface area contributed by atoms with E-state index in [1.54, 1.807) is 0 Å². The fourth-order valence-electron chi connectivity index (χ4n) is 0.438. The molecule has 1 aromatic rings. The van der Waals surface area contributed by atoms with Gasteiger partial charge < -0.3 is 5.73 Å². The van der Waals surface area contributed by atoms with Crippen molar-refractivity contribution in [1.82, 2.24) is 4.98 Å². The molecule has 1 aromatic heterocycles. The van der Waals surface area contributed by atoms with E-state index in [2.05, 4.69) is 20.9 Å². The molecule has 0 aliphatic rings. The molecular weight excluding hydrogens is 211 g/mol. The predicted octanol–water partition coefficient (Wildman–Crippen LogP) is 2.59. The number of nitrogen functional groups attached to an aromatic ring is 1. The number of hydrogen-bond acceptors (Lipinski definition) is 2. The molecular formula is C7H10BrFN2. The van der Waals surface area contributed by atoms with Gasteiger partial charge in [0.2, 0.25) is 0 Å². The second kappa shape index (κ2) is 5.07. The summed E-state index contributed by atoms with van der Waals surface area (Å²) < 4.78 is 12.7. The van der Waals surface area contributed by atoms with Crippen LogP contribution >= 0.6 is 15.9 Å². The third-order valence-electron chi connectivity index (χ3n) is 0.833. The average Bonchev–Trinajstić information content (AvgIpc) is 2.02. The number of aromatic nitrogens is 1. The fraction of sp³-hybridized carbons (Fsp3) is 0.286. The Labute approximate surface area is 73.8 Å². The molecule has 0 unspecified atom stereocenters. The third-order valence-corrected chi connectivity index (χ3v) is 1.50. The van der Waals surface area contributed by atoms with Crippen LogP contribution in [-0.2, 0) is 0 Å². The van der Waals surface area contributed by atoms with Crippen molar-refractivity contribution in [3.05, 3.63) is 22.7 Å². The van der Waals surface area contributed by atoms with Crippen LogP contribution in [-0.4, -0.2) is 4.98 Å². The maximum Gasteiger partial charge on any atom is 0.143 e. The Morgan fingerprint density at radius 3 is 2.45 bits per heavy atom. The molecule has 0 bridgehead atoms. The number of halogens is 2. The van der Waals surface area contributed by atoms with Gasteiger partial charge >= 0.3 is 0 Å². The largest absolute Gasteiger partial charge is 0.396 e. The zero-order valence-corrected chi connectivity index (χ0v) is 8.02. The van der Waals surface area contributed by atoms with E-state index in [9.17, 15) is 4.39 Å². The normalized spacial score (nSPS) is 8.36. The summed E-state index contributed by atoms with van der Waals surface area (Å²) >= 11 is 3.03. The number of nitrogens with zero attached hydrogens (tertiary/aromatic N) is 1. The van der Waals surface area contributed by atoms with E-state index in [1.165, 1.54) is 6.07 Å². The number of pyridine rings is 1. The van der Waals surface area contributed by atoms with Gasteiger partial charge in [-0.3, -0.25) is 0 Å². The van der Waals surface area contributed by atoms with Crippen LogP contribution in [0.15, 0.2) is 16.9 Å². The van der Waals surface area contributed by atoms with Crippen molar-refractivity contribution in [3.8, 4) is 0 Å². The second-order valence-corrected chi connectivity index (χ2v) is 2.28. The molecule has 62 valence electrons. The molecule has 1 rings (SSSR count). The Morgan fingerprint density at radius 1 is 1.55 bits per heavy atom. The minimum Gasteiger partial charge on any atom is -0.396 e. The van der Waals surface area contributed by atoms with Crippen LogP contribution in [0.25, 0.3) is 0 Å². The maximum absolute atomic E-state index is 12.2. The lowest BCUT2D eigenvalue weighted by molar-refractivity contribution is 0.621. The minimum absolute atomic E-state index is 0.315. The molecule has 2 N–H and O–H groups in total. The van der Waals surface area contributed by atoms with Crippen LogP contribution in [0.2, 0.25) is 0 Å². The van der Waals surface area contributed by atoms with E-state index in [4.69, 9.17) is 5.73 Å². The number of anilines is 1. The van der Waals surface area contributed by atoms with Crippen LogP contribution in [0.5, 0.6) is 0 Å². The number of rotatable bonds is 0. The average molecular weight is 221 g/mol. The summed E-state index contributed by atoms with van der Waals surface area (Å²) in [5.41, 5.74) is 5.59. The molecule has 1 heterocycles. The highest BCUT2D eigenvalue weighted by Crippen LogP contribution is 2.15. The molecule has 2 nitrogen and oxygen atoms in total. The smallest absolute Gasteiger partial charge is 0.143 e. The Balaban J connectivity index is 0.000000461. The zero-order valence-electron chi connectivity index (χ0n) is 6.44. The SMILES string of the molecule is CC.Nc1cc(F)cnc1Br. The van der Waals surface area contributed by atoms with Gasteiger partial charge in [-0.15, -0.1) is 0 Å². The topological polar surface area (TPSA) is 38.9 Å². The van der Waals surface area contributed by atoms with Gasteiger partial charge in [-0.25, -0.2) is 9.37 Å². The van der Waals surface area contributed by atoms with E-state index in [0.29, 0.717) is 10.3 Å². The molecule has 0 aliphatic heterocycles. The molecule has 0 saturated heterocycles. The van der Waals surface area contributed by atoms with E-state index in [-0.39, 0.29) is 0 Å². The van der Waals surface area contributed by atoms with Crippen LogP contribution in [0, 0.1) is 5.82 Å². The quantitative estimate of drug-likeness (QED) is 0.684. The first-order valence-corrected chi connectivity index (χ1v) is 4.06. The Hall–Kier alpha value is -0.640. The van der Waals surface area contributed by atoms with Crippen molar-refractivity contribution in [3.63, 3.8) is 0 Å². The zero-order chi connectivity index (χ0) is 8.85. The summed E-state index contributed by atoms with van der Waals surface area (Å²) in [6, 6.07) is 1.21. The van der Waals surface area contributed by atoms with Crippen molar-refractivity contribution >= 4 is 21.6 Å². The molecule has 0 aliphatic carbocycles. The van der Waals surface area contributed by atoms with Crippen LogP contribution < -0.4 is 5.73 Å². The van der Waals surface area contributed by atoms with Gasteiger partial charge in [-0.1, -0.05) is 13.8 Å². The Morgan fingerprint density at radius 2 is 2.09 bits per heavy atom. The summed E-state index contributed by atoms with van der Waals surface area (Å²) in [6.45, 7) is 4.00. The summed E-state index contributed by atoms with van der Waals surface area (Å²) in [7, 11) is 0. The molecule has 4 heteroatoms. The van der Waals surface area contributed by atoms with Gasteiger partial charge in [0.25, 0.3) is 0 Å². The van der Waals surface area contributed by atoms with Gasteiger partial charge in [0.1, 0.15) is 10.4 Å². The van der Waals surface area contributed by atoms with Crippen molar-refractivity contribution in [2.45, 2.75) is 13.8 Å². The van der Waals surface area contributed by atoms with Crippen LogP contribution in [0.1, 0.15) is 13.8 Å². The highest BCUT2D eigenvalue weighted by molar-refractivity contribution is 9.10. The fourth-order valence-corrected chi connectivity index (χ4v) is 0.655. The van der Waals surface area contributed by atoms with Gasteiger partial charge in [0.05, 0.1) is 11.9 Å². The van der Waals surface area contributed by atoms with Crippen LogP contribution in [0.3, 0.4) is 0 Å². The van der Waals surface area contributed by atoms with Crippen molar-refractivity contribution < 1.29 is 4.39 Å². The lowest BCUT2D eigenvalue weighted by Crippen LogP contribution is -1.89. The lowest BCUT2D eigenvalue weighted by Gasteiger charge is -1.93. The molecule has 0 spiro atoms. The van der Waals surface area contributed by atoms with Crippen LogP contribution in [0.4, 0.5) is 10.1 Å². The van der Waals surface area contributed by atoms with Gasteiger partial charge in [0, 0.05) is 6.07 Å². The molecule has 0 aromatic carbocycles. The van der Waals surface area contributed by atoms with E-state index >= 15 is 0 Å².